The van der Waals surface area contributed by atoms with Crippen molar-refractivity contribution < 1.29 is 13.9 Å². The van der Waals surface area contributed by atoms with E-state index in [1.165, 1.54) is 0 Å². The van der Waals surface area contributed by atoms with Crippen molar-refractivity contribution >= 4 is 17.7 Å². The van der Waals surface area contributed by atoms with E-state index >= 15 is 0 Å². The molecular formula is C18H22N2O3S. The molecule has 0 radical (unpaired) electrons. The summed E-state index contributed by atoms with van der Waals surface area (Å²) < 4.78 is 11.2. The Balaban J connectivity index is 1.73. The molecule has 1 aliphatic heterocycles. The molecule has 24 heavy (non-hydrogen) atoms. The Morgan fingerprint density at radius 3 is 2.92 bits per heavy atom. The van der Waals surface area contributed by atoms with Crippen molar-refractivity contribution in [3.8, 4) is 0 Å². The van der Waals surface area contributed by atoms with Gasteiger partial charge in [-0.05, 0) is 24.3 Å². The van der Waals surface area contributed by atoms with Crippen LogP contribution in [0.2, 0.25) is 0 Å². The van der Waals surface area contributed by atoms with Crippen LogP contribution in [0.4, 0.5) is 0 Å². The molecule has 2 aromatic heterocycles. The number of thioether (sulfide) groups is 1. The monoisotopic (exact) mass is 346 g/mol. The Kier molecular flexibility index (Phi) is 4.96. The van der Waals surface area contributed by atoms with Gasteiger partial charge in [-0.1, -0.05) is 20.8 Å². The van der Waals surface area contributed by atoms with Crippen molar-refractivity contribution in [3.63, 3.8) is 0 Å². The van der Waals surface area contributed by atoms with Crippen LogP contribution in [-0.4, -0.2) is 40.2 Å². The van der Waals surface area contributed by atoms with E-state index in [2.05, 4.69) is 25.8 Å². The van der Waals surface area contributed by atoms with Crippen molar-refractivity contribution in [3.05, 3.63) is 48.0 Å². The van der Waals surface area contributed by atoms with Crippen molar-refractivity contribution in [2.24, 2.45) is 0 Å². The summed E-state index contributed by atoms with van der Waals surface area (Å²) >= 11 is 1.66. The van der Waals surface area contributed by atoms with Crippen LogP contribution >= 0.6 is 11.8 Å². The maximum absolute atomic E-state index is 12.8. The number of morpholine rings is 1. The molecule has 1 saturated heterocycles. The summed E-state index contributed by atoms with van der Waals surface area (Å²) in [5, 5.41) is 0.865. The molecule has 2 aromatic rings. The second-order valence-corrected chi connectivity index (χ2v) is 8.57. The number of aromatic nitrogens is 1. The number of furan rings is 1. The summed E-state index contributed by atoms with van der Waals surface area (Å²) in [6.07, 6.45) is 3.12. The third-order valence-corrected chi connectivity index (χ3v) is 4.65. The van der Waals surface area contributed by atoms with Crippen LogP contribution in [0.3, 0.4) is 0 Å². The zero-order valence-electron chi connectivity index (χ0n) is 14.2. The van der Waals surface area contributed by atoms with E-state index in [0.29, 0.717) is 25.3 Å². The van der Waals surface area contributed by atoms with Crippen molar-refractivity contribution in [2.45, 2.75) is 36.6 Å². The number of carbonyl (C=O) groups excluding carboxylic acids is 1. The molecule has 0 N–H and O–H groups in total. The zero-order valence-corrected chi connectivity index (χ0v) is 15.0. The molecule has 1 amide bonds. The number of ether oxygens (including phenoxy) is 1. The highest BCUT2D eigenvalue weighted by Gasteiger charge is 2.28. The Labute approximate surface area is 146 Å². The number of hydrogen-bond donors (Lipinski definition) is 0. The topological polar surface area (TPSA) is 55.6 Å². The second kappa shape index (κ2) is 6.99. The van der Waals surface area contributed by atoms with E-state index in [0.717, 1.165) is 10.8 Å². The standard InChI is InChI=1S/C18H22N2O3S/c1-18(2,3)24-16-11-13(6-7-19-16)17(21)20-8-10-23-15(12-20)14-5-4-9-22-14/h4-7,9,11,15H,8,10,12H2,1-3H3/t15-/m1/s1. The Hall–Kier alpha value is -1.79. The lowest BCUT2D eigenvalue weighted by atomic mass is 10.2. The van der Waals surface area contributed by atoms with E-state index in [-0.39, 0.29) is 16.8 Å². The normalized spacial score (nSPS) is 18.6. The molecule has 128 valence electrons. The predicted octanol–water partition coefficient (Wildman–Crippen LogP) is 3.78. The summed E-state index contributed by atoms with van der Waals surface area (Å²) in [6, 6.07) is 7.35. The van der Waals surface area contributed by atoms with Gasteiger partial charge in [0.15, 0.2) is 0 Å². The number of hydrogen-bond acceptors (Lipinski definition) is 5. The van der Waals surface area contributed by atoms with Gasteiger partial charge in [-0.15, -0.1) is 11.8 Å². The third-order valence-electron chi connectivity index (χ3n) is 3.61. The Bertz CT molecular complexity index is 695. The van der Waals surface area contributed by atoms with E-state index < -0.39 is 0 Å². The van der Waals surface area contributed by atoms with Crippen molar-refractivity contribution in [1.82, 2.24) is 9.88 Å². The van der Waals surface area contributed by atoms with Gasteiger partial charge in [-0.3, -0.25) is 4.79 Å². The molecule has 0 aliphatic carbocycles. The first-order chi connectivity index (χ1) is 11.4. The Morgan fingerprint density at radius 1 is 1.38 bits per heavy atom. The fourth-order valence-electron chi connectivity index (χ4n) is 2.57. The predicted molar refractivity (Wildman–Crippen MR) is 93.2 cm³/mol. The number of rotatable bonds is 3. The number of carbonyl (C=O) groups is 1. The van der Waals surface area contributed by atoms with Gasteiger partial charge < -0.3 is 14.1 Å². The van der Waals surface area contributed by atoms with E-state index in [9.17, 15) is 4.79 Å². The first-order valence-electron chi connectivity index (χ1n) is 8.02. The van der Waals surface area contributed by atoms with Crippen LogP contribution in [0.5, 0.6) is 0 Å². The molecule has 1 fully saturated rings. The molecule has 1 aliphatic rings. The van der Waals surface area contributed by atoms with Crippen LogP contribution in [0.1, 0.15) is 43.0 Å². The van der Waals surface area contributed by atoms with Gasteiger partial charge in [0.25, 0.3) is 5.91 Å². The average molecular weight is 346 g/mol. The molecule has 0 unspecified atom stereocenters. The molecule has 3 rings (SSSR count). The molecular weight excluding hydrogens is 324 g/mol. The minimum atomic E-state index is -0.206. The first kappa shape index (κ1) is 17.0. The number of nitrogens with zero attached hydrogens (tertiary/aromatic N) is 2. The van der Waals surface area contributed by atoms with E-state index in [1.54, 1.807) is 30.3 Å². The van der Waals surface area contributed by atoms with Crippen molar-refractivity contribution in [2.75, 3.05) is 19.7 Å². The van der Waals surface area contributed by atoms with Gasteiger partial charge in [0.05, 0.1) is 24.4 Å². The lowest BCUT2D eigenvalue weighted by molar-refractivity contribution is -0.0321. The minimum absolute atomic E-state index is 0.00742. The van der Waals surface area contributed by atoms with Crippen LogP contribution in [0.15, 0.2) is 46.2 Å². The summed E-state index contributed by atoms with van der Waals surface area (Å²) in [5.74, 6) is 0.763. The van der Waals surface area contributed by atoms with Crippen LogP contribution in [0, 0.1) is 0 Å². The van der Waals surface area contributed by atoms with Gasteiger partial charge in [-0.2, -0.15) is 0 Å². The number of amides is 1. The molecule has 0 saturated carbocycles. The van der Waals surface area contributed by atoms with Gasteiger partial charge in [0.2, 0.25) is 0 Å². The van der Waals surface area contributed by atoms with E-state index in [1.807, 2.05) is 23.1 Å². The maximum atomic E-state index is 12.8. The summed E-state index contributed by atoms with van der Waals surface area (Å²) in [5.41, 5.74) is 0.664. The lowest BCUT2D eigenvalue weighted by Crippen LogP contribution is -2.42. The average Bonchev–Trinajstić information content (AvgIpc) is 3.07. The van der Waals surface area contributed by atoms with Crippen LogP contribution in [0.25, 0.3) is 0 Å². The third kappa shape index (κ3) is 4.19. The number of pyridine rings is 1. The molecule has 0 aromatic carbocycles. The highest BCUT2D eigenvalue weighted by Crippen LogP contribution is 2.31. The molecule has 3 heterocycles. The molecule has 0 spiro atoms. The SMILES string of the molecule is CC(C)(C)Sc1cc(C(=O)N2CCO[C@@H](c3ccco3)C2)ccn1. The van der Waals surface area contributed by atoms with Crippen LogP contribution < -0.4 is 0 Å². The van der Waals surface area contributed by atoms with Gasteiger partial charge in [0.1, 0.15) is 11.9 Å². The molecule has 0 bridgehead atoms. The van der Waals surface area contributed by atoms with Crippen molar-refractivity contribution in [1.29, 1.82) is 0 Å². The van der Waals surface area contributed by atoms with Gasteiger partial charge in [0, 0.05) is 23.1 Å². The second-order valence-electron chi connectivity index (χ2n) is 6.72. The van der Waals surface area contributed by atoms with E-state index in [4.69, 9.17) is 9.15 Å². The van der Waals surface area contributed by atoms with Gasteiger partial charge in [-0.25, -0.2) is 4.98 Å². The smallest absolute Gasteiger partial charge is 0.254 e. The molecule has 5 nitrogen and oxygen atoms in total. The highest BCUT2D eigenvalue weighted by molar-refractivity contribution is 8.00. The zero-order chi connectivity index (χ0) is 17.2. The Morgan fingerprint density at radius 2 is 2.21 bits per heavy atom. The first-order valence-corrected chi connectivity index (χ1v) is 8.83. The molecule has 1 atom stereocenters. The largest absolute Gasteiger partial charge is 0.467 e. The molecule has 6 heteroatoms. The fourth-order valence-corrected chi connectivity index (χ4v) is 3.50. The van der Waals surface area contributed by atoms with Crippen LogP contribution in [-0.2, 0) is 4.74 Å². The minimum Gasteiger partial charge on any atom is -0.467 e. The quantitative estimate of drug-likeness (QED) is 0.792. The van der Waals surface area contributed by atoms with Gasteiger partial charge >= 0.3 is 0 Å². The summed E-state index contributed by atoms with van der Waals surface area (Å²) in [4.78, 5) is 19.0. The summed E-state index contributed by atoms with van der Waals surface area (Å²) in [7, 11) is 0. The maximum Gasteiger partial charge on any atom is 0.254 e. The fraction of sp³-hybridized carbons (Fsp3) is 0.444. The highest BCUT2D eigenvalue weighted by atomic mass is 32.2. The lowest BCUT2D eigenvalue weighted by Gasteiger charge is -2.32. The summed E-state index contributed by atoms with van der Waals surface area (Å²) in [6.45, 7) is 7.97.